The van der Waals surface area contributed by atoms with Crippen LogP contribution in [-0.4, -0.2) is 28.6 Å². The van der Waals surface area contributed by atoms with Crippen LogP contribution < -0.4 is 10.6 Å². The van der Waals surface area contributed by atoms with Gasteiger partial charge in [0, 0.05) is 18.6 Å². The molecule has 6 heteroatoms. The van der Waals surface area contributed by atoms with Crippen molar-refractivity contribution in [2.45, 2.75) is 31.8 Å². The molecule has 0 aliphatic carbocycles. The Labute approximate surface area is 105 Å². The van der Waals surface area contributed by atoms with E-state index in [0.29, 0.717) is 5.82 Å². The fraction of sp³-hybridized carbons (Fsp3) is 0.545. The Morgan fingerprint density at radius 2 is 2.41 bits per heavy atom. The molecule has 2 rings (SSSR count). The first kappa shape index (κ1) is 12.1. The molecule has 0 unspecified atom stereocenters. The van der Waals surface area contributed by atoms with E-state index in [4.69, 9.17) is 22.6 Å². The Hall–Kier alpha value is -1.38. The van der Waals surface area contributed by atoms with Gasteiger partial charge in [0.15, 0.2) is 10.8 Å². The van der Waals surface area contributed by atoms with Crippen LogP contribution in [0, 0.1) is 11.3 Å². The molecule has 1 aliphatic heterocycles. The molecule has 90 valence electrons. The molecule has 17 heavy (non-hydrogen) atoms. The third-order valence-corrected chi connectivity index (χ3v) is 3.43. The maximum atomic E-state index is 8.74. The first-order chi connectivity index (χ1) is 8.13. The summed E-state index contributed by atoms with van der Waals surface area (Å²) < 4.78 is 0. The van der Waals surface area contributed by atoms with Crippen LogP contribution in [-0.2, 0) is 0 Å². The summed E-state index contributed by atoms with van der Waals surface area (Å²) in [6.07, 6.45) is 3.64. The number of aromatic nitrogens is 2. The van der Waals surface area contributed by atoms with Crippen molar-refractivity contribution in [2.75, 3.05) is 11.4 Å². The molecule has 0 saturated carbocycles. The standard InChI is InChI=1S/C11H14ClN5/c1-7-8(14)3-2-4-17(7)10-6-15-9(5-13)11(12)16-10/h6-8H,2-4,14H2,1H3/t7-,8-/m1/s1. The number of halogens is 1. The van der Waals surface area contributed by atoms with Crippen molar-refractivity contribution < 1.29 is 0 Å². The first-order valence-electron chi connectivity index (χ1n) is 5.58. The van der Waals surface area contributed by atoms with E-state index >= 15 is 0 Å². The maximum absolute atomic E-state index is 8.74. The highest BCUT2D eigenvalue weighted by Gasteiger charge is 2.26. The SMILES string of the molecule is C[C@@H]1[C@H](N)CCCN1c1cnc(C#N)c(Cl)n1. The quantitative estimate of drug-likeness (QED) is 0.814. The van der Waals surface area contributed by atoms with Crippen molar-refractivity contribution in [3.63, 3.8) is 0 Å². The molecule has 1 aromatic heterocycles. The van der Waals surface area contributed by atoms with Crippen LogP contribution in [0.4, 0.5) is 5.82 Å². The van der Waals surface area contributed by atoms with E-state index in [1.807, 2.05) is 6.07 Å². The largest absolute Gasteiger partial charge is 0.351 e. The predicted octanol–water partition coefficient (Wildman–Crippen LogP) is 1.32. The molecule has 1 saturated heterocycles. The fourth-order valence-corrected chi connectivity index (χ4v) is 2.25. The van der Waals surface area contributed by atoms with Crippen LogP contribution in [0.5, 0.6) is 0 Å². The monoisotopic (exact) mass is 251 g/mol. The number of hydrogen-bond acceptors (Lipinski definition) is 5. The van der Waals surface area contributed by atoms with Gasteiger partial charge in [0.25, 0.3) is 0 Å². The van der Waals surface area contributed by atoms with Gasteiger partial charge in [0.2, 0.25) is 0 Å². The Morgan fingerprint density at radius 1 is 1.65 bits per heavy atom. The molecule has 1 aliphatic rings. The van der Waals surface area contributed by atoms with E-state index in [1.54, 1.807) is 6.20 Å². The number of nitrogens with two attached hydrogens (primary N) is 1. The van der Waals surface area contributed by atoms with E-state index in [1.165, 1.54) is 0 Å². The van der Waals surface area contributed by atoms with Gasteiger partial charge in [-0.3, -0.25) is 0 Å². The second-order valence-electron chi connectivity index (χ2n) is 4.22. The van der Waals surface area contributed by atoms with Crippen molar-refractivity contribution >= 4 is 17.4 Å². The first-order valence-corrected chi connectivity index (χ1v) is 5.96. The molecule has 1 fully saturated rings. The highest BCUT2D eigenvalue weighted by Crippen LogP contribution is 2.23. The highest BCUT2D eigenvalue weighted by molar-refractivity contribution is 6.30. The summed E-state index contributed by atoms with van der Waals surface area (Å²) in [6, 6.07) is 2.25. The molecule has 0 spiro atoms. The van der Waals surface area contributed by atoms with Crippen molar-refractivity contribution in [1.82, 2.24) is 9.97 Å². The van der Waals surface area contributed by atoms with Crippen molar-refractivity contribution in [1.29, 1.82) is 5.26 Å². The van der Waals surface area contributed by atoms with Gasteiger partial charge in [-0.25, -0.2) is 9.97 Å². The van der Waals surface area contributed by atoms with Crippen LogP contribution in [0.25, 0.3) is 0 Å². The molecule has 2 N–H and O–H groups in total. The van der Waals surface area contributed by atoms with Crippen molar-refractivity contribution in [2.24, 2.45) is 5.73 Å². The Balaban J connectivity index is 2.28. The van der Waals surface area contributed by atoms with Gasteiger partial charge in [0.05, 0.1) is 6.20 Å². The van der Waals surface area contributed by atoms with Crippen LogP contribution in [0.1, 0.15) is 25.5 Å². The van der Waals surface area contributed by atoms with Gasteiger partial charge in [-0.2, -0.15) is 5.26 Å². The summed E-state index contributed by atoms with van der Waals surface area (Å²) in [7, 11) is 0. The topological polar surface area (TPSA) is 78.8 Å². The zero-order valence-electron chi connectivity index (χ0n) is 9.60. The van der Waals surface area contributed by atoms with Gasteiger partial charge in [0.1, 0.15) is 11.9 Å². The van der Waals surface area contributed by atoms with Gasteiger partial charge in [-0.05, 0) is 19.8 Å². The fourth-order valence-electron chi connectivity index (χ4n) is 2.07. The van der Waals surface area contributed by atoms with Gasteiger partial charge >= 0.3 is 0 Å². The Bertz CT molecular complexity index is 456. The summed E-state index contributed by atoms with van der Waals surface area (Å²) >= 11 is 5.88. The normalized spacial score (nSPS) is 24.5. The zero-order chi connectivity index (χ0) is 12.4. The van der Waals surface area contributed by atoms with Crippen LogP contribution in [0.15, 0.2) is 6.20 Å². The maximum Gasteiger partial charge on any atom is 0.178 e. The average Bonchev–Trinajstić information content (AvgIpc) is 2.32. The number of nitriles is 1. The lowest BCUT2D eigenvalue weighted by Crippen LogP contribution is -2.50. The molecule has 5 nitrogen and oxygen atoms in total. The van der Waals surface area contributed by atoms with Crippen molar-refractivity contribution in [3.05, 3.63) is 17.0 Å². The molecule has 0 aromatic carbocycles. The van der Waals surface area contributed by atoms with Crippen molar-refractivity contribution in [3.8, 4) is 6.07 Å². The smallest absolute Gasteiger partial charge is 0.178 e. The summed E-state index contributed by atoms with van der Waals surface area (Å²) in [5.74, 6) is 0.691. The number of anilines is 1. The average molecular weight is 252 g/mol. The third kappa shape index (κ3) is 2.33. The van der Waals surface area contributed by atoms with E-state index in [0.717, 1.165) is 19.4 Å². The van der Waals surface area contributed by atoms with Gasteiger partial charge in [-0.1, -0.05) is 11.6 Å². The molecule has 0 amide bonds. The zero-order valence-corrected chi connectivity index (χ0v) is 10.4. The van der Waals surface area contributed by atoms with E-state index < -0.39 is 0 Å². The summed E-state index contributed by atoms with van der Waals surface area (Å²) in [4.78, 5) is 10.3. The minimum absolute atomic E-state index is 0.139. The number of rotatable bonds is 1. The number of nitrogens with zero attached hydrogens (tertiary/aromatic N) is 4. The van der Waals surface area contributed by atoms with E-state index in [2.05, 4.69) is 21.8 Å². The Morgan fingerprint density at radius 3 is 3.06 bits per heavy atom. The van der Waals surface area contributed by atoms with Gasteiger partial charge < -0.3 is 10.6 Å². The summed E-state index contributed by atoms with van der Waals surface area (Å²) in [5.41, 5.74) is 6.18. The molecule has 2 atom stereocenters. The minimum atomic E-state index is 0.139. The highest BCUT2D eigenvalue weighted by atomic mass is 35.5. The minimum Gasteiger partial charge on any atom is -0.351 e. The summed E-state index contributed by atoms with van der Waals surface area (Å²) in [5, 5.41) is 8.89. The van der Waals surface area contributed by atoms with E-state index in [9.17, 15) is 0 Å². The molecule has 0 bridgehead atoms. The number of hydrogen-bond donors (Lipinski definition) is 1. The molecule has 2 heterocycles. The second kappa shape index (κ2) is 4.86. The molecular weight excluding hydrogens is 238 g/mol. The lowest BCUT2D eigenvalue weighted by atomic mass is 9.98. The Kier molecular flexibility index (Phi) is 3.46. The number of piperidine rings is 1. The lowest BCUT2D eigenvalue weighted by Gasteiger charge is -2.38. The third-order valence-electron chi connectivity index (χ3n) is 3.17. The summed E-state index contributed by atoms with van der Waals surface area (Å²) in [6.45, 7) is 2.96. The molecule has 0 radical (unpaired) electrons. The van der Waals surface area contributed by atoms with Gasteiger partial charge in [-0.15, -0.1) is 0 Å². The lowest BCUT2D eigenvalue weighted by molar-refractivity contribution is 0.418. The molecular formula is C11H14ClN5. The van der Waals surface area contributed by atoms with Crippen LogP contribution >= 0.6 is 11.6 Å². The van der Waals surface area contributed by atoms with Crippen LogP contribution in [0.3, 0.4) is 0 Å². The van der Waals surface area contributed by atoms with E-state index in [-0.39, 0.29) is 22.9 Å². The second-order valence-corrected chi connectivity index (χ2v) is 4.58. The molecule has 1 aromatic rings. The van der Waals surface area contributed by atoms with Crippen LogP contribution in [0.2, 0.25) is 5.15 Å². The predicted molar refractivity (Wildman–Crippen MR) is 65.8 cm³/mol.